The summed E-state index contributed by atoms with van der Waals surface area (Å²) in [4.78, 5) is 27.3. The lowest BCUT2D eigenvalue weighted by atomic mass is 10.1. The highest BCUT2D eigenvalue weighted by molar-refractivity contribution is 6.54. The predicted octanol–water partition coefficient (Wildman–Crippen LogP) is 3.10. The molecule has 0 bridgehead atoms. The van der Waals surface area contributed by atoms with Crippen molar-refractivity contribution in [3.05, 3.63) is 65.7 Å². The van der Waals surface area contributed by atoms with Gasteiger partial charge in [0.2, 0.25) is 0 Å². The predicted molar refractivity (Wildman–Crippen MR) is 107 cm³/mol. The fourth-order valence-corrected chi connectivity index (χ4v) is 2.67. The largest absolute Gasteiger partial charge is 0.461 e. The van der Waals surface area contributed by atoms with Crippen molar-refractivity contribution in [1.82, 2.24) is 0 Å². The molecule has 6 nitrogen and oxygen atoms in total. The normalized spacial score (nSPS) is 15.1. The van der Waals surface area contributed by atoms with E-state index in [1.165, 1.54) is 5.01 Å². The number of benzene rings is 2. The van der Waals surface area contributed by atoms with Crippen LogP contribution in [0.15, 0.2) is 65.3 Å². The molecule has 0 saturated carbocycles. The van der Waals surface area contributed by atoms with E-state index in [-0.39, 0.29) is 23.8 Å². The minimum absolute atomic E-state index is 0.0161. The van der Waals surface area contributed by atoms with E-state index >= 15 is 0 Å². The maximum atomic E-state index is 12.9. The van der Waals surface area contributed by atoms with E-state index in [1.807, 2.05) is 61.5 Å². The number of nitrogens with zero attached hydrogens (tertiary/aromatic N) is 3. The smallest absolute Gasteiger partial charge is 0.359 e. The maximum absolute atomic E-state index is 12.9. The molecule has 1 aliphatic rings. The van der Waals surface area contributed by atoms with Crippen molar-refractivity contribution in [3.63, 3.8) is 0 Å². The van der Waals surface area contributed by atoms with Gasteiger partial charge in [0.05, 0.1) is 17.9 Å². The van der Waals surface area contributed by atoms with Crippen molar-refractivity contribution in [2.75, 3.05) is 30.6 Å². The summed E-state index contributed by atoms with van der Waals surface area (Å²) in [5.41, 5.74) is 2.67. The average molecular weight is 363 g/mol. The van der Waals surface area contributed by atoms with E-state index in [2.05, 4.69) is 5.10 Å². The van der Waals surface area contributed by atoms with E-state index in [1.54, 1.807) is 25.1 Å². The van der Waals surface area contributed by atoms with Gasteiger partial charge in [0.25, 0.3) is 5.91 Å². The average Bonchev–Trinajstić information content (AvgIpc) is 3.00. The van der Waals surface area contributed by atoms with Crippen molar-refractivity contribution in [2.24, 2.45) is 5.10 Å². The number of hydrogen-bond donors (Lipinski definition) is 0. The molecule has 0 N–H and O–H groups in total. The first kappa shape index (κ1) is 18.4. The molecule has 0 aromatic heterocycles. The number of esters is 1. The van der Waals surface area contributed by atoms with Gasteiger partial charge in [-0.3, -0.25) is 4.79 Å². The highest BCUT2D eigenvalue weighted by Crippen LogP contribution is 2.26. The second-order valence-electron chi connectivity index (χ2n) is 6.17. The molecule has 2 aromatic rings. The van der Waals surface area contributed by atoms with Crippen LogP contribution in [0.3, 0.4) is 0 Å². The van der Waals surface area contributed by atoms with Crippen LogP contribution < -0.4 is 9.91 Å². The SMILES string of the molecule is CCOC(=O)C1=NN(c2ccccc2)C(=O)/C1=C\c1ccc(N(C)C)cc1. The molecule has 1 amide bonds. The number of carbonyl (C=O) groups is 2. The summed E-state index contributed by atoms with van der Waals surface area (Å²) >= 11 is 0. The molecule has 0 aliphatic carbocycles. The first-order valence-electron chi connectivity index (χ1n) is 8.66. The number of hydrogen-bond acceptors (Lipinski definition) is 5. The van der Waals surface area contributed by atoms with E-state index in [0.717, 1.165) is 11.3 Å². The Labute approximate surface area is 158 Å². The highest BCUT2D eigenvalue weighted by Gasteiger charge is 2.35. The molecule has 1 aliphatic heterocycles. The van der Waals surface area contributed by atoms with Gasteiger partial charge in [0.15, 0.2) is 5.71 Å². The Morgan fingerprint density at radius 2 is 1.78 bits per heavy atom. The van der Waals surface area contributed by atoms with Crippen LogP contribution in [0.4, 0.5) is 11.4 Å². The number of anilines is 2. The summed E-state index contributed by atoms with van der Waals surface area (Å²) in [5, 5.41) is 5.46. The van der Waals surface area contributed by atoms with Gasteiger partial charge >= 0.3 is 5.97 Å². The zero-order chi connectivity index (χ0) is 19.4. The van der Waals surface area contributed by atoms with Crippen molar-refractivity contribution in [3.8, 4) is 0 Å². The van der Waals surface area contributed by atoms with Crippen LogP contribution in [0.5, 0.6) is 0 Å². The number of hydrazone groups is 1. The van der Waals surface area contributed by atoms with Crippen LogP contribution in [-0.4, -0.2) is 38.3 Å². The molecule has 0 radical (unpaired) electrons. The van der Waals surface area contributed by atoms with Gasteiger partial charge in [0, 0.05) is 19.8 Å². The Morgan fingerprint density at radius 3 is 2.37 bits per heavy atom. The van der Waals surface area contributed by atoms with Crippen LogP contribution in [0.2, 0.25) is 0 Å². The highest BCUT2D eigenvalue weighted by atomic mass is 16.5. The molecule has 0 fully saturated rings. The summed E-state index contributed by atoms with van der Waals surface area (Å²) in [6, 6.07) is 16.7. The molecule has 3 rings (SSSR count). The minimum atomic E-state index is -0.611. The van der Waals surface area contributed by atoms with Crippen molar-refractivity contribution in [1.29, 1.82) is 0 Å². The lowest BCUT2D eigenvalue weighted by molar-refractivity contribution is -0.135. The summed E-state index contributed by atoms with van der Waals surface area (Å²) in [5.74, 6) is -0.971. The third-order valence-corrected chi connectivity index (χ3v) is 4.07. The molecule has 0 unspecified atom stereocenters. The van der Waals surface area contributed by atoms with E-state index in [0.29, 0.717) is 5.69 Å². The van der Waals surface area contributed by atoms with Gasteiger partial charge in [-0.2, -0.15) is 10.1 Å². The van der Waals surface area contributed by atoms with Crippen molar-refractivity contribution < 1.29 is 14.3 Å². The lowest BCUT2D eigenvalue weighted by Gasteiger charge is -2.12. The summed E-state index contributed by atoms with van der Waals surface area (Å²) < 4.78 is 5.08. The minimum Gasteiger partial charge on any atom is -0.461 e. The standard InChI is InChI=1S/C21H21N3O3/c1-4-27-21(26)19-18(14-15-10-12-16(13-11-15)23(2)3)20(25)24(22-19)17-8-6-5-7-9-17/h5-14H,4H2,1-3H3/b18-14-. The van der Waals surface area contributed by atoms with Crippen LogP contribution >= 0.6 is 0 Å². The Balaban J connectivity index is 1.99. The van der Waals surface area contributed by atoms with Gasteiger partial charge < -0.3 is 9.64 Å². The van der Waals surface area contributed by atoms with Gasteiger partial charge in [-0.15, -0.1) is 0 Å². The van der Waals surface area contributed by atoms with Crippen molar-refractivity contribution in [2.45, 2.75) is 6.92 Å². The van der Waals surface area contributed by atoms with Crippen LogP contribution in [-0.2, 0) is 14.3 Å². The number of rotatable bonds is 5. The summed E-state index contributed by atoms with van der Waals surface area (Å²) in [7, 11) is 3.91. The van der Waals surface area contributed by atoms with Gasteiger partial charge in [-0.25, -0.2) is 4.79 Å². The molecule has 27 heavy (non-hydrogen) atoms. The Kier molecular flexibility index (Phi) is 5.35. The fourth-order valence-electron chi connectivity index (χ4n) is 2.67. The molecule has 138 valence electrons. The Bertz CT molecular complexity index is 900. The molecule has 6 heteroatoms. The molecule has 2 aromatic carbocycles. The van der Waals surface area contributed by atoms with Gasteiger partial charge in [-0.05, 0) is 42.8 Å². The fraction of sp³-hybridized carbons (Fsp3) is 0.190. The number of para-hydroxylation sites is 1. The van der Waals surface area contributed by atoms with Crippen LogP contribution in [0.25, 0.3) is 6.08 Å². The second-order valence-corrected chi connectivity index (χ2v) is 6.17. The molecular formula is C21H21N3O3. The first-order valence-corrected chi connectivity index (χ1v) is 8.66. The zero-order valence-corrected chi connectivity index (χ0v) is 15.5. The molecule has 1 heterocycles. The number of ether oxygens (including phenoxy) is 1. The summed E-state index contributed by atoms with van der Waals surface area (Å²) in [6.45, 7) is 1.93. The van der Waals surface area contributed by atoms with E-state index in [9.17, 15) is 9.59 Å². The molecule has 0 atom stereocenters. The van der Waals surface area contributed by atoms with E-state index < -0.39 is 5.97 Å². The number of amides is 1. The quantitative estimate of drug-likeness (QED) is 0.605. The summed E-state index contributed by atoms with van der Waals surface area (Å²) in [6.07, 6.45) is 1.67. The van der Waals surface area contributed by atoms with Gasteiger partial charge in [0.1, 0.15) is 0 Å². The third kappa shape index (κ3) is 3.89. The molecule has 0 spiro atoms. The first-order chi connectivity index (χ1) is 13.0. The van der Waals surface area contributed by atoms with Crippen LogP contribution in [0, 0.1) is 0 Å². The Morgan fingerprint density at radius 1 is 1.11 bits per heavy atom. The second kappa shape index (κ2) is 7.86. The molecule has 0 saturated heterocycles. The maximum Gasteiger partial charge on any atom is 0.359 e. The molecular weight excluding hydrogens is 342 g/mol. The lowest BCUT2D eigenvalue weighted by Crippen LogP contribution is -2.22. The number of carbonyl (C=O) groups excluding carboxylic acids is 2. The monoisotopic (exact) mass is 363 g/mol. The topological polar surface area (TPSA) is 62.2 Å². The van der Waals surface area contributed by atoms with Crippen LogP contribution in [0.1, 0.15) is 12.5 Å². The zero-order valence-electron chi connectivity index (χ0n) is 15.5. The van der Waals surface area contributed by atoms with Crippen molar-refractivity contribution >= 4 is 35.0 Å². The van der Waals surface area contributed by atoms with Gasteiger partial charge in [-0.1, -0.05) is 30.3 Å². The van der Waals surface area contributed by atoms with E-state index in [4.69, 9.17) is 4.74 Å². The Hall–Kier alpha value is -3.41. The third-order valence-electron chi connectivity index (χ3n) is 4.07.